The van der Waals surface area contributed by atoms with E-state index in [1.807, 2.05) is 0 Å². The number of unbranched alkanes of at least 4 members (excludes halogenated alkanes) is 10. The molecule has 0 saturated carbocycles. The highest BCUT2D eigenvalue weighted by atomic mass is 32.3. The summed E-state index contributed by atoms with van der Waals surface area (Å²) < 4.78 is 98.6. The minimum atomic E-state index is -4.42. The monoisotopic (exact) mass is 808 g/mol. The lowest BCUT2D eigenvalue weighted by molar-refractivity contribution is -0.0285. The average molecular weight is 809 g/mol. The van der Waals surface area contributed by atoms with Gasteiger partial charge in [0.1, 0.15) is 0 Å². The minimum Gasteiger partial charge on any atom is -0.379 e. The van der Waals surface area contributed by atoms with Gasteiger partial charge in [-0.3, -0.25) is 4.55 Å². The summed E-state index contributed by atoms with van der Waals surface area (Å²) in [4.78, 5) is 0. The molecule has 0 aromatic rings. The van der Waals surface area contributed by atoms with Crippen LogP contribution in [0.15, 0.2) is 0 Å². The van der Waals surface area contributed by atoms with E-state index in [0.29, 0.717) is 139 Å². The maximum Gasteiger partial charge on any atom is 0.397 e. The third-order valence-corrected chi connectivity index (χ3v) is 7.91. The minimum absolute atomic E-state index is 0.0314. The van der Waals surface area contributed by atoms with E-state index >= 15 is 0 Å². The van der Waals surface area contributed by atoms with Gasteiger partial charge in [-0.1, -0.05) is 71.1 Å². The normalized spacial score (nSPS) is 12.0. The van der Waals surface area contributed by atoms with Gasteiger partial charge in [-0.15, -0.1) is 0 Å². The molecule has 0 unspecified atom stereocenters. The van der Waals surface area contributed by atoms with E-state index in [4.69, 9.17) is 61.4 Å². The van der Waals surface area contributed by atoms with Crippen molar-refractivity contribution in [3.8, 4) is 0 Å². The van der Waals surface area contributed by atoms with Crippen LogP contribution < -0.4 is 0 Å². The molecule has 0 aromatic carbocycles. The summed E-state index contributed by atoms with van der Waals surface area (Å²) in [5, 5.41) is 0. The van der Waals surface area contributed by atoms with Crippen molar-refractivity contribution in [2.75, 3.05) is 165 Å². The zero-order valence-corrected chi connectivity index (χ0v) is 34.3. The zero-order valence-electron chi connectivity index (χ0n) is 33.4. The van der Waals surface area contributed by atoms with Crippen LogP contribution >= 0.6 is 0 Å². The Hall–Kier alpha value is -0.610. The molecule has 0 aliphatic rings. The quantitative estimate of drug-likeness (QED) is 0.0680. The highest BCUT2D eigenvalue weighted by Crippen LogP contribution is 2.11. The van der Waals surface area contributed by atoms with Crippen LogP contribution in [0.3, 0.4) is 0 Å². The highest BCUT2D eigenvalue weighted by Gasteiger charge is 2.03. The van der Waals surface area contributed by atoms with Gasteiger partial charge < -0.3 is 56.8 Å². The molecule has 0 spiro atoms. The highest BCUT2D eigenvalue weighted by molar-refractivity contribution is 7.80. The SMILES string of the molecule is CCCCCCCCCCCCCOCCOCCOCCOCCOCCOCCOCCOCCOCCOCCOCCOCCOS(=O)(=O)O. The first-order chi connectivity index (χ1) is 26.6. The maximum atomic E-state index is 10.4. The third-order valence-electron chi connectivity index (χ3n) is 7.44. The van der Waals surface area contributed by atoms with Gasteiger partial charge in [0.25, 0.3) is 0 Å². The Kier molecular flexibility index (Phi) is 46.2. The molecule has 0 aliphatic heterocycles. The molecule has 0 bridgehead atoms. The molecule has 17 heteroatoms. The van der Waals surface area contributed by atoms with Gasteiger partial charge in [-0.05, 0) is 6.42 Å². The van der Waals surface area contributed by atoms with Crippen molar-refractivity contribution < 1.29 is 74.0 Å². The lowest BCUT2D eigenvalue weighted by atomic mass is 10.1. The Morgan fingerprint density at radius 3 is 0.685 bits per heavy atom. The summed E-state index contributed by atoms with van der Waals surface area (Å²) >= 11 is 0. The first kappa shape index (κ1) is 53.4. The second kappa shape index (κ2) is 46.8. The summed E-state index contributed by atoms with van der Waals surface area (Å²) in [6, 6.07) is 0. The molecule has 0 atom stereocenters. The standard InChI is InChI=1S/C37H76O16S/c1-2-3-4-5-6-7-8-9-10-11-12-13-41-14-15-42-16-17-43-18-19-44-20-21-45-22-23-46-24-25-47-26-27-48-28-29-49-30-31-50-32-33-51-34-35-52-36-37-53-54(38,39)40/h2-37H2,1H3,(H,38,39,40). The molecule has 0 saturated heterocycles. The predicted molar refractivity (Wildman–Crippen MR) is 204 cm³/mol. The molecule has 0 fully saturated rings. The molecule has 0 heterocycles. The molecular formula is C37H76O16S. The topological polar surface area (TPSA) is 174 Å². The molecular weight excluding hydrogens is 732 g/mol. The lowest BCUT2D eigenvalue weighted by Gasteiger charge is -2.09. The van der Waals surface area contributed by atoms with Crippen molar-refractivity contribution in [3.63, 3.8) is 0 Å². The molecule has 54 heavy (non-hydrogen) atoms. The van der Waals surface area contributed by atoms with E-state index < -0.39 is 10.4 Å². The fourth-order valence-corrected chi connectivity index (χ4v) is 4.87. The molecule has 0 amide bonds. The second-order valence-electron chi connectivity index (χ2n) is 12.1. The Bertz CT molecular complexity index is 796. The summed E-state index contributed by atoms with van der Waals surface area (Å²) in [7, 11) is -4.42. The first-order valence-electron chi connectivity index (χ1n) is 20.1. The van der Waals surface area contributed by atoms with Gasteiger partial charge in [0.05, 0.1) is 159 Å². The summed E-state index contributed by atoms with van der Waals surface area (Å²) in [5.41, 5.74) is 0. The lowest BCUT2D eigenvalue weighted by Crippen LogP contribution is -2.15. The molecule has 0 radical (unpaired) electrons. The molecule has 16 nitrogen and oxygen atoms in total. The predicted octanol–water partition coefficient (Wildman–Crippen LogP) is 4.32. The number of ether oxygens (including phenoxy) is 12. The van der Waals surface area contributed by atoms with Crippen LogP contribution in [0.25, 0.3) is 0 Å². The molecule has 1 N–H and O–H groups in total. The van der Waals surface area contributed by atoms with Crippen LogP contribution in [-0.2, 0) is 71.4 Å². The van der Waals surface area contributed by atoms with Crippen LogP contribution in [0, 0.1) is 0 Å². The smallest absolute Gasteiger partial charge is 0.379 e. The van der Waals surface area contributed by atoms with E-state index in [0.717, 1.165) is 13.0 Å². The first-order valence-corrected chi connectivity index (χ1v) is 21.5. The second-order valence-corrected chi connectivity index (χ2v) is 13.2. The molecule has 326 valence electrons. The van der Waals surface area contributed by atoms with E-state index in [-0.39, 0.29) is 19.8 Å². The van der Waals surface area contributed by atoms with Gasteiger partial charge in [0.2, 0.25) is 0 Å². The van der Waals surface area contributed by atoms with Crippen molar-refractivity contribution in [3.05, 3.63) is 0 Å². The van der Waals surface area contributed by atoms with E-state index in [1.165, 1.54) is 64.2 Å². The fraction of sp³-hybridized carbons (Fsp3) is 1.00. The van der Waals surface area contributed by atoms with Crippen LogP contribution in [0.1, 0.15) is 77.6 Å². The summed E-state index contributed by atoms with van der Waals surface area (Å²) in [6.45, 7) is 13.5. The molecule has 0 rings (SSSR count). The Morgan fingerprint density at radius 1 is 0.278 bits per heavy atom. The van der Waals surface area contributed by atoms with Gasteiger partial charge in [-0.2, -0.15) is 8.42 Å². The van der Waals surface area contributed by atoms with Crippen molar-refractivity contribution in [1.29, 1.82) is 0 Å². The van der Waals surface area contributed by atoms with Gasteiger partial charge in [0.15, 0.2) is 0 Å². The Morgan fingerprint density at radius 2 is 0.463 bits per heavy atom. The third kappa shape index (κ3) is 51.4. The summed E-state index contributed by atoms with van der Waals surface area (Å²) in [5.74, 6) is 0. The zero-order chi connectivity index (χ0) is 39.1. The average Bonchev–Trinajstić information content (AvgIpc) is 3.15. The number of hydrogen-bond donors (Lipinski definition) is 1. The van der Waals surface area contributed by atoms with E-state index in [1.54, 1.807) is 0 Å². The van der Waals surface area contributed by atoms with Crippen LogP contribution in [-0.4, -0.2) is 178 Å². The van der Waals surface area contributed by atoms with Crippen LogP contribution in [0.2, 0.25) is 0 Å². The maximum absolute atomic E-state index is 10.4. The van der Waals surface area contributed by atoms with Gasteiger partial charge >= 0.3 is 10.4 Å². The van der Waals surface area contributed by atoms with Crippen molar-refractivity contribution in [2.45, 2.75) is 77.6 Å². The number of rotatable bonds is 49. The van der Waals surface area contributed by atoms with Crippen molar-refractivity contribution in [2.24, 2.45) is 0 Å². The molecule has 0 aromatic heterocycles. The van der Waals surface area contributed by atoms with Gasteiger partial charge in [0, 0.05) is 6.61 Å². The number of hydrogen-bond acceptors (Lipinski definition) is 15. The Balaban J connectivity index is 3.07. The van der Waals surface area contributed by atoms with Crippen LogP contribution in [0.5, 0.6) is 0 Å². The molecule has 0 aliphatic carbocycles. The van der Waals surface area contributed by atoms with Crippen molar-refractivity contribution >= 4 is 10.4 Å². The van der Waals surface area contributed by atoms with Crippen LogP contribution in [0.4, 0.5) is 0 Å². The Labute approximate surface area is 326 Å². The largest absolute Gasteiger partial charge is 0.397 e. The summed E-state index contributed by atoms with van der Waals surface area (Å²) in [6.07, 6.45) is 14.8. The van der Waals surface area contributed by atoms with E-state index in [2.05, 4.69) is 11.1 Å². The fourth-order valence-electron chi connectivity index (χ4n) is 4.59. The van der Waals surface area contributed by atoms with Crippen molar-refractivity contribution in [1.82, 2.24) is 0 Å². The van der Waals surface area contributed by atoms with Gasteiger partial charge in [-0.25, -0.2) is 4.18 Å². The van der Waals surface area contributed by atoms with E-state index in [9.17, 15) is 8.42 Å².